The summed E-state index contributed by atoms with van der Waals surface area (Å²) < 4.78 is 33.8. The molecule has 7 nitrogen and oxygen atoms in total. The average Bonchev–Trinajstić information content (AvgIpc) is 2.68. The number of azide groups is 1. The van der Waals surface area contributed by atoms with Gasteiger partial charge in [-0.3, -0.25) is 0 Å². The van der Waals surface area contributed by atoms with Crippen LogP contribution in [0.4, 0.5) is 0 Å². The van der Waals surface area contributed by atoms with E-state index in [1.165, 1.54) is 4.31 Å². The molecule has 3 rings (SSSR count). The first-order valence-electron chi connectivity index (χ1n) is 8.75. The van der Waals surface area contributed by atoms with Crippen LogP contribution in [0.15, 0.2) is 64.6 Å². The van der Waals surface area contributed by atoms with E-state index >= 15 is 0 Å². The number of ether oxygens (including phenoxy) is 1. The maximum Gasteiger partial charge on any atom is 0.243 e. The highest BCUT2D eigenvalue weighted by atomic mass is 32.2. The Morgan fingerprint density at radius 3 is 2.56 bits per heavy atom. The minimum atomic E-state index is -3.69. The second kappa shape index (κ2) is 8.54. The molecule has 1 fully saturated rings. The fraction of sp³-hybridized carbons (Fsp3) is 0.368. The van der Waals surface area contributed by atoms with Crippen molar-refractivity contribution in [3.63, 3.8) is 0 Å². The summed E-state index contributed by atoms with van der Waals surface area (Å²) in [6.07, 6.45) is 0.105. The number of nitrogens with zero attached hydrogens (tertiary/aromatic N) is 4. The lowest BCUT2D eigenvalue weighted by molar-refractivity contribution is -0.0266. The summed E-state index contributed by atoms with van der Waals surface area (Å²) >= 11 is 0. The number of hydrogen-bond acceptors (Lipinski definition) is 4. The third-order valence-electron chi connectivity index (χ3n) is 4.61. The zero-order valence-electron chi connectivity index (χ0n) is 15.1. The Bertz CT molecular complexity index is 910. The molecule has 0 unspecified atom stereocenters. The van der Waals surface area contributed by atoms with E-state index in [4.69, 9.17) is 10.3 Å². The van der Waals surface area contributed by atoms with Crippen LogP contribution in [0.5, 0.6) is 0 Å². The monoisotopic (exact) mass is 386 g/mol. The summed E-state index contributed by atoms with van der Waals surface area (Å²) in [6, 6.07) is 16.3. The maximum absolute atomic E-state index is 13.3. The van der Waals surface area contributed by atoms with Crippen LogP contribution in [-0.2, 0) is 21.2 Å². The van der Waals surface area contributed by atoms with E-state index in [1.807, 2.05) is 37.3 Å². The van der Waals surface area contributed by atoms with Crippen molar-refractivity contribution in [2.45, 2.75) is 30.4 Å². The molecule has 1 aliphatic heterocycles. The molecule has 1 saturated heterocycles. The number of benzene rings is 2. The molecule has 142 valence electrons. The molecule has 0 aliphatic carbocycles. The van der Waals surface area contributed by atoms with Gasteiger partial charge in [0.15, 0.2) is 0 Å². The molecule has 1 heterocycles. The number of aryl methyl sites for hydroxylation is 1. The van der Waals surface area contributed by atoms with Crippen molar-refractivity contribution < 1.29 is 13.2 Å². The number of morpholine rings is 1. The maximum atomic E-state index is 13.3. The van der Waals surface area contributed by atoms with Crippen LogP contribution < -0.4 is 0 Å². The van der Waals surface area contributed by atoms with Gasteiger partial charge in [0.05, 0.1) is 30.2 Å². The molecule has 2 atom stereocenters. The van der Waals surface area contributed by atoms with Gasteiger partial charge in [-0.05, 0) is 36.6 Å². The predicted octanol–water partition coefficient (Wildman–Crippen LogP) is 3.31. The van der Waals surface area contributed by atoms with E-state index in [2.05, 4.69) is 10.0 Å². The fourth-order valence-electron chi connectivity index (χ4n) is 3.16. The summed E-state index contributed by atoms with van der Waals surface area (Å²) in [6.45, 7) is 2.44. The Balaban J connectivity index is 1.90. The number of rotatable bonds is 6. The van der Waals surface area contributed by atoms with Gasteiger partial charge in [0.1, 0.15) is 0 Å². The van der Waals surface area contributed by atoms with Crippen molar-refractivity contribution in [2.24, 2.45) is 5.11 Å². The lowest BCUT2D eigenvalue weighted by Gasteiger charge is -2.38. The highest BCUT2D eigenvalue weighted by Crippen LogP contribution is 2.25. The number of sulfonamides is 1. The van der Waals surface area contributed by atoms with Crippen molar-refractivity contribution in [3.8, 4) is 0 Å². The van der Waals surface area contributed by atoms with Crippen LogP contribution >= 0.6 is 0 Å². The van der Waals surface area contributed by atoms with Crippen molar-refractivity contribution in [2.75, 3.05) is 19.7 Å². The average molecular weight is 386 g/mol. The SMILES string of the molecule is Cc1ccc(S(=O)(=O)N2C[C@H](CN=[N+]=[N-])OC[C@@H]2Cc2ccccc2)cc1. The smallest absolute Gasteiger partial charge is 0.243 e. The molecular formula is C19H22N4O3S. The molecule has 0 radical (unpaired) electrons. The van der Waals surface area contributed by atoms with Gasteiger partial charge < -0.3 is 4.74 Å². The standard InChI is InChI=1S/C19H22N4O3S/c1-15-7-9-19(10-8-15)27(24,25)23-13-18(12-21-22-20)26-14-17(23)11-16-5-3-2-4-6-16/h2-10,17-18H,11-14H2,1H3/t17-,18-/m0/s1. The Morgan fingerprint density at radius 2 is 1.89 bits per heavy atom. The van der Waals surface area contributed by atoms with Gasteiger partial charge in [0.2, 0.25) is 10.0 Å². The summed E-state index contributed by atoms with van der Waals surface area (Å²) in [7, 11) is -3.69. The van der Waals surface area contributed by atoms with Gasteiger partial charge in [-0.25, -0.2) is 8.42 Å². The van der Waals surface area contributed by atoms with E-state index in [-0.39, 0.29) is 30.6 Å². The Labute approximate surface area is 159 Å². The zero-order valence-corrected chi connectivity index (χ0v) is 15.9. The van der Waals surface area contributed by atoms with Gasteiger partial charge in [-0.1, -0.05) is 53.1 Å². The highest BCUT2D eigenvalue weighted by molar-refractivity contribution is 7.89. The van der Waals surface area contributed by atoms with Crippen LogP contribution in [0, 0.1) is 6.92 Å². The van der Waals surface area contributed by atoms with Gasteiger partial charge in [-0.2, -0.15) is 4.31 Å². The van der Waals surface area contributed by atoms with Crippen molar-refractivity contribution >= 4 is 10.0 Å². The van der Waals surface area contributed by atoms with Gasteiger partial charge in [0.25, 0.3) is 0 Å². The third-order valence-corrected chi connectivity index (χ3v) is 6.54. The zero-order chi connectivity index (χ0) is 19.3. The van der Waals surface area contributed by atoms with Crippen molar-refractivity contribution in [1.29, 1.82) is 0 Å². The molecule has 0 aromatic heterocycles. The Morgan fingerprint density at radius 1 is 1.19 bits per heavy atom. The van der Waals surface area contributed by atoms with Crippen LogP contribution in [0.2, 0.25) is 0 Å². The van der Waals surface area contributed by atoms with Gasteiger partial charge in [0, 0.05) is 11.5 Å². The second-order valence-electron chi connectivity index (χ2n) is 6.60. The minimum absolute atomic E-state index is 0.106. The molecule has 0 saturated carbocycles. The molecule has 0 amide bonds. The quantitative estimate of drug-likeness (QED) is 0.433. The van der Waals surface area contributed by atoms with E-state index in [1.54, 1.807) is 24.3 Å². The molecule has 8 heteroatoms. The second-order valence-corrected chi connectivity index (χ2v) is 8.49. The summed E-state index contributed by atoms with van der Waals surface area (Å²) in [5.41, 5.74) is 10.6. The van der Waals surface area contributed by atoms with Gasteiger partial charge in [-0.15, -0.1) is 0 Å². The molecular weight excluding hydrogens is 364 g/mol. The van der Waals surface area contributed by atoms with Crippen LogP contribution in [0.3, 0.4) is 0 Å². The normalized spacial score (nSPS) is 20.8. The van der Waals surface area contributed by atoms with Crippen LogP contribution in [-0.4, -0.2) is 44.6 Å². The molecule has 27 heavy (non-hydrogen) atoms. The van der Waals surface area contributed by atoms with E-state index < -0.39 is 16.1 Å². The first-order valence-corrected chi connectivity index (χ1v) is 10.2. The molecule has 0 spiro atoms. The molecule has 0 bridgehead atoms. The van der Waals surface area contributed by atoms with Crippen LogP contribution in [0.25, 0.3) is 10.4 Å². The minimum Gasteiger partial charge on any atom is -0.375 e. The lowest BCUT2D eigenvalue weighted by atomic mass is 10.1. The first kappa shape index (κ1) is 19.4. The molecule has 2 aromatic rings. The fourth-order valence-corrected chi connectivity index (χ4v) is 4.80. The van der Waals surface area contributed by atoms with Crippen molar-refractivity contribution in [3.05, 3.63) is 76.2 Å². The summed E-state index contributed by atoms with van der Waals surface area (Å²) in [5, 5.41) is 3.54. The Kier molecular flexibility index (Phi) is 6.13. The third kappa shape index (κ3) is 4.67. The first-order chi connectivity index (χ1) is 13.0. The lowest BCUT2D eigenvalue weighted by Crippen LogP contribution is -2.53. The topological polar surface area (TPSA) is 95.4 Å². The molecule has 2 aromatic carbocycles. The molecule has 1 aliphatic rings. The van der Waals surface area contributed by atoms with E-state index in [0.29, 0.717) is 6.42 Å². The predicted molar refractivity (Wildman–Crippen MR) is 103 cm³/mol. The summed E-state index contributed by atoms with van der Waals surface area (Å²) in [4.78, 5) is 3.01. The van der Waals surface area contributed by atoms with E-state index in [9.17, 15) is 8.42 Å². The van der Waals surface area contributed by atoms with Crippen LogP contribution in [0.1, 0.15) is 11.1 Å². The van der Waals surface area contributed by atoms with Gasteiger partial charge >= 0.3 is 0 Å². The largest absolute Gasteiger partial charge is 0.375 e. The Hall–Kier alpha value is -2.38. The molecule has 0 N–H and O–H groups in total. The van der Waals surface area contributed by atoms with E-state index in [0.717, 1.165) is 11.1 Å². The van der Waals surface area contributed by atoms with Crippen molar-refractivity contribution in [1.82, 2.24) is 4.31 Å². The summed E-state index contributed by atoms with van der Waals surface area (Å²) in [5.74, 6) is 0. The highest BCUT2D eigenvalue weighted by Gasteiger charge is 2.37. The number of hydrogen-bond donors (Lipinski definition) is 0.